The van der Waals surface area contributed by atoms with Crippen molar-refractivity contribution in [3.63, 3.8) is 0 Å². The first kappa shape index (κ1) is 21.4. The fourth-order valence-corrected chi connectivity index (χ4v) is 3.77. The zero-order valence-corrected chi connectivity index (χ0v) is 17.1. The van der Waals surface area contributed by atoms with Crippen molar-refractivity contribution in [2.45, 2.75) is 123 Å². The van der Waals surface area contributed by atoms with Gasteiger partial charge in [0.25, 0.3) is 0 Å². The minimum absolute atomic E-state index is 0.612. The molecule has 0 aromatic heterocycles. The smallest absolute Gasteiger partial charge is 0.101 e. The van der Waals surface area contributed by atoms with E-state index in [9.17, 15) is 0 Å². The SMILES string of the molecule is CCCCCCCCC1N(CCCCCCCC)C=CN1C(C)C. The molecule has 1 aliphatic rings. The molecule has 0 saturated carbocycles. The van der Waals surface area contributed by atoms with Crippen LogP contribution in [-0.2, 0) is 0 Å². The first-order chi connectivity index (χ1) is 11.7. The van der Waals surface area contributed by atoms with E-state index in [4.69, 9.17) is 0 Å². The highest BCUT2D eigenvalue weighted by Crippen LogP contribution is 2.24. The van der Waals surface area contributed by atoms with Gasteiger partial charge in [-0.05, 0) is 33.1 Å². The van der Waals surface area contributed by atoms with Crippen LogP contribution in [0.25, 0.3) is 0 Å². The third-order valence-corrected chi connectivity index (χ3v) is 5.34. The fourth-order valence-electron chi connectivity index (χ4n) is 3.77. The van der Waals surface area contributed by atoms with Gasteiger partial charge >= 0.3 is 0 Å². The van der Waals surface area contributed by atoms with Crippen LogP contribution < -0.4 is 0 Å². The Labute approximate surface area is 152 Å². The topological polar surface area (TPSA) is 6.48 Å². The Balaban J connectivity index is 2.27. The summed E-state index contributed by atoms with van der Waals surface area (Å²) in [6, 6.07) is 0.612. The zero-order valence-electron chi connectivity index (χ0n) is 17.1. The molecule has 0 bridgehead atoms. The van der Waals surface area contributed by atoms with E-state index in [1.165, 1.54) is 90.0 Å². The van der Waals surface area contributed by atoms with Crippen molar-refractivity contribution >= 4 is 0 Å². The average molecular weight is 337 g/mol. The summed E-state index contributed by atoms with van der Waals surface area (Å²) >= 11 is 0. The van der Waals surface area contributed by atoms with Crippen LogP contribution in [0, 0.1) is 0 Å². The predicted octanol–water partition coefficient (Wildman–Crippen LogP) is 6.92. The van der Waals surface area contributed by atoms with Gasteiger partial charge in [0.2, 0.25) is 0 Å². The molecular weight excluding hydrogens is 292 g/mol. The molecule has 2 nitrogen and oxygen atoms in total. The van der Waals surface area contributed by atoms with Gasteiger partial charge in [-0.3, -0.25) is 0 Å². The standard InChI is InChI=1S/C22H44N2/c1-5-7-9-11-13-15-17-22-23(19-20-24(22)21(3)4)18-16-14-12-10-8-6-2/h19-22H,5-18H2,1-4H3. The first-order valence-electron chi connectivity index (χ1n) is 10.9. The van der Waals surface area contributed by atoms with Crippen molar-refractivity contribution in [3.8, 4) is 0 Å². The quantitative estimate of drug-likeness (QED) is 0.299. The number of nitrogens with zero attached hydrogens (tertiary/aromatic N) is 2. The van der Waals surface area contributed by atoms with Crippen molar-refractivity contribution in [2.24, 2.45) is 0 Å². The second-order valence-electron chi connectivity index (χ2n) is 7.88. The molecule has 0 aromatic carbocycles. The number of unbranched alkanes of at least 4 members (excludes halogenated alkanes) is 10. The van der Waals surface area contributed by atoms with Crippen molar-refractivity contribution < 1.29 is 0 Å². The highest BCUT2D eigenvalue weighted by Gasteiger charge is 2.26. The molecule has 0 radical (unpaired) electrons. The third kappa shape index (κ3) is 8.44. The molecule has 0 N–H and O–H groups in total. The van der Waals surface area contributed by atoms with Crippen LogP contribution in [0.5, 0.6) is 0 Å². The van der Waals surface area contributed by atoms with Gasteiger partial charge in [0.05, 0.1) is 0 Å². The predicted molar refractivity (Wildman–Crippen MR) is 108 cm³/mol. The summed E-state index contributed by atoms with van der Waals surface area (Å²) < 4.78 is 0. The molecular formula is C22H44N2. The molecule has 1 aliphatic heterocycles. The fraction of sp³-hybridized carbons (Fsp3) is 0.909. The van der Waals surface area contributed by atoms with Crippen LogP contribution >= 0.6 is 0 Å². The molecule has 1 unspecified atom stereocenters. The molecule has 142 valence electrons. The summed E-state index contributed by atoms with van der Waals surface area (Å²) in [4.78, 5) is 5.19. The second kappa shape index (κ2) is 13.6. The molecule has 0 aromatic rings. The summed E-state index contributed by atoms with van der Waals surface area (Å²) in [6.45, 7) is 10.5. The summed E-state index contributed by atoms with van der Waals surface area (Å²) in [5, 5.41) is 0. The Morgan fingerprint density at radius 2 is 1.25 bits per heavy atom. The lowest BCUT2D eigenvalue weighted by molar-refractivity contribution is 0.114. The van der Waals surface area contributed by atoms with Crippen molar-refractivity contribution in [1.82, 2.24) is 9.80 Å². The molecule has 0 amide bonds. The van der Waals surface area contributed by atoms with E-state index in [1.807, 2.05) is 0 Å². The molecule has 1 atom stereocenters. The van der Waals surface area contributed by atoms with Gasteiger partial charge in [-0.2, -0.15) is 0 Å². The molecule has 0 saturated heterocycles. The van der Waals surface area contributed by atoms with Gasteiger partial charge in [-0.15, -0.1) is 0 Å². The number of rotatable bonds is 15. The van der Waals surface area contributed by atoms with Crippen LogP contribution in [0.15, 0.2) is 12.4 Å². The van der Waals surface area contributed by atoms with Crippen LogP contribution in [0.2, 0.25) is 0 Å². The summed E-state index contributed by atoms with van der Waals surface area (Å²) in [5.74, 6) is 0. The van der Waals surface area contributed by atoms with E-state index in [1.54, 1.807) is 0 Å². The van der Waals surface area contributed by atoms with E-state index in [-0.39, 0.29) is 0 Å². The summed E-state index contributed by atoms with van der Waals surface area (Å²) in [6.07, 6.45) is 23.4. The lowest BCUT2D eigenvalue weighted by atomic mass is 10.1. The Bertz CT molecular complexity index is 311. The Morgan fingerprint density at radius 3 is 1.83 bits per heavy atom. The molecule has 0 spiro atoms. The van der Waals surface area contributed by atoms with Gasteiger partial charge in [0.1, 0.15) is 6.17 Å². The first-order valence-corrected chi connectivity index (χ1v) is 10.9. The Kier molecular flexibility index (Phi) is 12.1. The highest BCUT2D eigenvalue weighted by atomic mass is 15.4. The molecule has 1 heterocycles. The normalized spacial score (nSPS) is 17.5. The number of hydrogen-bond acceptors (Lipinski definition) is 2. The van der Waals surface area contributed by atoms with Gasteiger partial charge in [0.15, 0.2) is 0 Å². The van der Waals surface area contributed by atoms with Gasteiger partial charge in [0, 0.05) is 25.0 Å². The van der Waals surface area contributed by atoms with Crippen molar-refractivity contribution in [2.75, 3.05) is 6.54 Å². The third-order valence-electron chi connectivity index (χ3n) is 5.34. The minimum atomic E-state index is 0.612. The maximum atomic E-state index is 2.62. The second-order valence-corrected chi connectivity index (χ2v) is 7.88. The highest BCUT2D eigenvalue weighted by molar-refractivity contribution is 4.98. The van der Waals surface area contributed by atoms with Gasteiger partial charge in [-0.1, -0.05) is 78.1 Å². The van der Waals surface area contributed by atoms with E-state index >= 15 is 0 Å². The lowest BCUT2D eigenvalue weighted by Gasteiger charge is -2.35. The van der Waals surface area contributed by atoms with Gasteiger partial charge in [-0.25, -0.2) is 0 Å². The van der Waals surface area contributed by atoms with E-state index in [2.05, 4.69) is 49.9 Å². The van der Waals surface area contributed by atoms with E-state index in [0.717, 1.165) is 0 Å². The van der Waals surface area contributed by atoms with E-state index < -0.39 is 0 Å². The average Bonchev–Trinajstić information content (AvgIpc) is 2.97. The van der Waals surface area contributed by atoms with Crippen LogP contribution in [0.4, 0.5) is 0 Å². The van der Waals surface area contributed by atoms with Gasteiger partial charge < -0.3 is 9.80 Å². The maximum Gasteiger partial charge on any atom is 0.101 e. The summed E-state index contributed by atoms with van der Waals surface area (Å²) in [7, 11) is 0. The molecule has 24 heavy (non-hydrogen) atoms. The Morgan fingerprint density at radius 1 is 0.708 bits per heavy atom. The zero-order chi connectivity index (χ0) is 17.6. The lowest BCUT2D eigenvalue weighted by Crippen LogP contribution is -2.42. The van der Waals surface area contributed by atoms with Crippen LogP contribution in [-0.4, -0.2) is 28.6 Å². The van der Waals surface area contributed by atoms with Crippen LogP contribution in [0.1, 0.15) is 111 Å². The molecule has 1 rings (SSSR count). The molecule has 0 fully saturated rings. The maximum absolute atomic E-state index is 2.62. The van der Waals surface area contributed by atoms with E-state index in [0.29, 0.717) is 12.2 Å². The summed E-state index contributed by atoms with van der Waals surface area (Å²) in [5.41, 5.74) is 0. The Hall–Kier alpha value is -0.660. The largest absolute Gasteiger partial charge is 0.356 e. The molecule has 0 aliphatic carbocycles. The van der Waals surface area contributed by atoms with Crippen molar-refractivity contribution in [3.05, 3.63) is 12.4 Å². The monoisotopic (exact) mass is 336 g/mol. The van der Waals surface area contributed by atoms with Crippen LogP contribution in [0.3, 0.4) is 0 Å². The van der Waals surface area contributed by atoms with Crippen molar-refractivity contribution in [1.29, 1.82) is 0 Å². The molecule has 2 heteroatoms. The minimum Gasteiger partial charge on any atom is -0.356 e. The number of hydrogen-bond donors (Lipinski definition) is 0.